The summed E-state index contributed by atoms with van der Waals surface area (Å²) in [7, 11) is 0. The van der Waals surface area contributed by atoms with E-state index < -0.39 is 0 Å². The molecule has 0 aromatic heterocycles. The second-order valence-corrected chi connectivity index (χ2v) is 8.93. The van der Waals surface area contributed by atoms with Gasteiger partial charge < -0.3 is 0 Å². The molecular weight excluding hydrogens is 382 g/mol. The fraction of sp³-hybridized carbons (Fsp3) is 0. The van der Waals surface area contributed by atoms with Gasteiger partial charge in [-0.3, -0.25) is 0 Å². The SMILES string of the molecule is O=C1C(=C2[Se]c3ccccc3C2=O)[Se]c2ccccc21. The van der Waals surface area contributed by atoms with Crippen molar-refractivity contribution in [1.29, 1.82) is 0 Å². The average Bonchev–Trinajstić information content (AvgIpc) is 2.98. The maximum absolute atomic E-state index is 12.5. The quantitative estimate of drug-likeness (QED) is 0.489. The van der Waals surface area contributed by atoms with Crippen LogP contribution in [0, 0.1) is 0 Å². The van der Waals surface area contributed by atoms with Gasteiger partial charge in [0.15, 0.2) is 0 Å². The van der Waals surface area contributed by atoms with Gasteiger partial charge in [-0.25, -0.2) is 0 Å². The standard InChI is InChI=1S/C16H8O2Se2/c17-13-9-5-1-3-7-11(9)19-15(13)16-14(18)10-6-2-4-8-12(10)20-16/h1-8H. The molecule has 0 aliphatic carbocycles. The first kappa shape index (κ1) is 12.3. The third-order valence-corrected chi connectivity index (χ3v) is 8.87. The van der Waals surface area contributed by atoms with Crippen molar-refractivity contribution in [1.82, 2.24) is 0 Å². The van der Waals surface area contributed by atoms with Crippen LogP contribution in [0.25, 0.3) is 0 Å². The Labute approximate surface area is 128 Å². The van der Waals surface area contributed by atoms with Crippen molar-refractivity contribution >= 4 is 50.4 Å². The summed E-state index contributed by atoms with van der Waals surface area (Å²) in [4.78, 5) is 25.0. The van der Waals surface area contributed by atoms with Gasteiger partial charge in [0, 0.05) is 0 Å². The van der Waals surface area contributed by atoms with Crippen LogP contribution >= 0.6 is 0 Å². The molecule has 0 atom stereocenters. The van der Waals surface area contributed by atoms with Crippen LogP contribution in [-0.2, 0) is 0 Å². The van der Waals surface area contributed by atoms with Gasteiger partial charge in [0.05, 0.1) is 0 Å². The van der Waals surface area contributed by atoms with E-state index in [2.05, 4.69) is 0 Å². The average molecular weight is 390 g/mol. The van der Waals surface area contributed by atoms with Gasteiger partial charge in [-0.15, -0.1) is 0 Å². The molecule has 2 nitrogen and oxygen atoms in total. The summed E-state index contributed by atoms with van der Waals surface area (Å²) in [5, 5.41) is 0. The normalized spacial score (nSPS) is 20.2. The predicted molar refractivity (Wildman–Crippen MR) is 79.3 cm³/mol. The number of hydrogen-bond donors (Lipinski definition) is 0. The van der Waals surface area contributed by atoms with Gasteiger partial charge in [-0.05, 0) is 0 Å². The van der Waals surface area contributed by atoms with Crippen LogP contribution in [-0.4, -0.2) is 41.5 Å². The minimum absolute atomic E-state index is 0.0253. The zero-order chi connectivity index (χ0) is 13.7. The third-order valence-electron chi connectivity index (χ3n) is 3.31. The molecule has 0 spiro atoms. The number of hydrogen-bond acceptors (Lipinski definition) is 2. The Kier molecular flexibility index (Phi) is 2.80. The first-order valence-corrected chi connectivity index (χ1v) is 9.56. The Morgan fingerprint density at radius 1 is 0.600 bits per heavy atom. The minimum atomic E-state index is -0.0253. The number of carbonyl (C=O) groups is 2. The van der Waals surface area contributed by atoms with Crippen LogP contribution in [0.1, 0.15) is 20.7 Å². The third kappa shape index (κ3) is 1.70. The molecule has 4 rings (SSSR count). The molecule has 0 unspecified atom stereocenters. The molecule has 0 amide bonds. The summed E-state index contributed by atoms with van der Waals surface area (Å²) in [5.74, 6) is 0.136. The van der Waals surface area contributed by atoms with Crippen molar-refractivity contribution < 1.29 is 9.59 Å². The van der Waals surface area contributed by atoms with Crippen LogP contribution < -0.4 is 8.92 Å². The molecule has 0 bridgehead atoms. The van der Waals surface area contributed by atoms with Crippen molar-refractivity contribution in [3.63, 3.8) is 0 Å². The summed E-state index contributed by atoms with van der Waals surface area (Å²) in [6.07, 6.45) is 0. The molecule has 96 valence electrons. The molecule has 0 N–H and O–H groups in total. The molecule has 4 heteroatoms. The number of allylic oxidation sites excluding steroid dienone is 2. The summed E-state index contributed by atoms with van der Waals surface area (Å²) >= 11 is -0.0507. The van der Waals surface area contributed by atoms with E-state index in [9.17, 15) is 9.59 Å². The van der Waals surface area contributed by atoms with Crippen LogP contribution in [0.4, 0.5) is 0 Å². The fourth-order valence-electron chi connectivity index (χ4n) is 2.34. The molecule has 20 heavy (non-hydrogen) atoms. The molecule has 2 aliphatic rings. The van der Waals surface area contributed by atoms with E-state index in [1.54, 1.807) is 0 Å². The van der Waals surface area contributed by atoms with E-state index in [-0.39, 0.29) is 41.5 Å². The molecule has 0 saturated carbocycles. The number of fused-ring (bicyclic) bond motifs is 2. The van der Waals surface area contributed by atoms with Crippen LogP contribution in [0.5, 0.6) is 0 Å². The van der Waals surface area contributed by atoms with E-state index in [1.807, 2.05) is 48.5 Å². The number of benzene rings is 2. The second-order valence-electron chi connectivity index (χ2n) is 4.51. The van der Waals surface area contributed by atoms with E-state index in [1.165, 1.54) is 0 Å². The molecule has 0 radical (unpaired) electrons. The van der Waals surface area contributed by atoms with Gasteiger partial charge >= 0.3 is 129 Å². The summed E-state index contributed by atoms with van der Waals surface area (Å²) in [5.41, 5.74) is 1.57. The van der Waals surface area contributed by atoms with Crippen LogP contribution in [0.2, 0.25) is 0 Å². The summed E-state index contributed by atoms with van der Waals surface area (Å²) in [6, 6.07) is 15.4. The first-order valence-electron chi connectivity index (χ1n) is 6.13. The Hall–Kier alpha value is -1.44. The van der Waals surface area contributed by atoms with E-state index in [0.717, 1.165) is 29.0 Å². The molecule has 2 heterocycles. The molecule has 0 saturated heterocycles. The predicted octanol–water partition coefficient (Wildman–Crippen LogP) is 0.650. The topological polar surface area (TPSA) is 34.1 Å². The Morgan fingerprint density at radius 3 is 1.40 bits per heavy atom. The zero-order valence-corrected chi connectivity index (χ0v) is 13.7. The summed E-state index contributed by atoms with van der Waals surface area (Å²) in [6.45, 7) is 0. The monoisotopic (exact) mass is 392 g/mol. The number of rotatable bonds is 0. The van der Waals surface area contributed by atoms with Gasteiger partial charge in [-0.1, -0.05) is 0 Å². The van der Waals surface area contributed by atoms with Crippen molar-refractivity contribution in [3.05, 3.63) is 68.6 Å². The first-order chi connectivity index (χ1) is 9.75. The van der Waals surface area contributed by atoms with Crippen molar-refractivity contribution in [3.8, 4) is 0 Å². The number of Topliss-reactive ketones (excluding diaryl/α,β-unsaturated/α-hetero) is 2. The van der Waals surface area contributed by atoms with E-state index in [4.69, 9.17) is 0 Å². The maximum atomic E-state index is 12.5. The molecule has 2 aromatic carbocycles. The van der Waals surface area contributed by atoms with Gasteiger partial charge in [0.2, 0.25) is 0 Å². The fourth-order valence-corrected chi connectivity index (χ4v) is 7.55. The second kappa shape index (κ2) is 4.54. The van der Waals surface area contributed by atoms with Gasteiger partial charge in [0.1, 0.15) is 0 Å². The molecule has 0 fully saturated rings. The van der Waals surface area contributed by atoms with E-state index >= 15 is 0 Å². The Balaban J connectivity index is 1.85. The van der Waals surface area contributed by atoms with Crippen molar-refractivity contribution in [2.45, 2.75) is 0 Å². The number of ketones is 2. The molecular formula is C16H8O2Se2. The Morgan fingerprint density at radius 2 is 1.00 bits per heavy atom. The van der Waals surface area contributed by atoms with Crippen LogP contribution in [0.15, 0.2) is 57.5 Å². The zero-order valence-electron chi connectivity index (χ0n) is 10.3. The number of carbonyl (C=O) groups excluding carboxylic acids is 2. The van der Waals surface area contributed by atoms with Crippen molar-refractivity contribution in [2.75, 3.05) is 0 Å². The van der Waals surface area contributed by atoms with Gasteiger partial charge in [-0.2, -0.15) is 0 Å². The van der Waals surface area contributed by atoms with Crippen molar-refractivity contribution in [2.24, 2.45) is 0 Å². The van der Waals surface area contributed by atoms with Crippen LogP contribution in [0.3, 0.4) is 0 Å². The molecule has 2 aromatic rings. The molecule has 2 aliphatic heterocycles. The summed E-state index contributed by atoms with van der Waals surface area (Å²) < 4.78 is 3.76. The Bertz CT molecular complexity index is 738. The van der Waals surface area contributed by atoms with E-state index in [0.29, 0.717) is 0 Å². The van der Waals surface area contributed by atoms with Gasteiger partial charge in [0.25, 0.3) is 0 Å².